The monoisotopic (exact) mass is 449 g/mol. The van der Waals surface area contributed by atoms with E-state index in [4.69, 9.17) is 4.74 Å². The molecule has 33 heavy (non-hydrogen) atoms. The van der Waals surface area contributed by atoms with Crippen molar-refractivity contribution < 1.29 is 13.9 Å². The van der Waals surface area contributed by atoms with Gasteiger partial charge in [-0.15, -0.1) is 5.10 Å². The molecule has 0 radical (unpaired) electrons. The van der Waals surface area contributed by atoms with Crippen LogP contribution >= 0.6 is 0 Å². The second kappa shape index (κ2) is 8.79. The molecule has 1 N–H and O–H groups in total. The van der Waals surface area contributed by atoms with Gasteiger partial charge in [0.05, 0.1) is 36.5 Å². The number of carbonyl (C=O) groups is 1. The highest BCUT2D eigenvalue weighted by Crippen LogP contribution is 2.26. The van der Waals surface area contributed by atoms with Gasteiger partial charge in [-0.3, -0.25) is 9.59 Å². The van der Waals surface area contributed by atoms with Gasteiger partial charge in [-0.25, -0.2) is 13.8 Å². The minimum absolute atomic E-state index is 0.204. The number of hydrogen-bond acceptors (Lipinski definition) is 7. The molecule has 0 spiro atoms. The van der Waals surface area contributed by atoms with Crippen molar-refractivity contribution in [1.82, 2.24) is 24.8 Å². The molecular weight excluding hydrogens is 429 g/mol. The molecule has 0 saturated carbocycles. The molecule has 0 unspecified atom stereocenters. The molecule has 2 aromatic carbocycles. The standard InChI is InChI=1S/C22H20FN7O3/c23-15-5-7-16(8-6-15)30-21-17(13-24-30)22(32)29(27-26-21)14-20(31)25-18-3-1-2-4-19(18)28-9-11-33-12-10-28/h1-8,13H,9-12,14H2,(H,25,31). The van der Waals surface area contributed by atoms with E-state index < -0.39 is 11.5 Å². The number of amides is 1. The first kappa shape index (κ1) is 20.8. The number of hydrogen-bond donors (Lipinski definition) is 1. The number of nitrogens with zero attached hydrogens (tertiary/aromatic N) is 6. The van der Waals surface area contributed by atoms with Gasteiger partial charge in [0.15, 0.2) is 5.65 Å². The van der Waals surface area contributed by atoms with Crippen LogP contribution in [0.1, 0.15) is 0 Å². The molecule has 4 aromatic rings. The number of morpholine rings is 1. The topological polar surface area (TPSA) is 107 Å². The maximum atomic E-state index is 13.2. The van der Waals surface area contributed by atoms with Crippen molar-refractivity contribution >= 4 is 28.3 Å². The van der Waals surface area contributed by atoms with Crippen LogP contribution in [0, 0.1) is 5.82 Å². The minimum atomic E-state index is -0.495. The SMILES string of the molecule is O=C(Cn1nnc2c(cnn2-c2ccc(F)cc2)c1=O)Nc1ccccc1N1CCOCC1. The normalized spacial score (nSPS) is 13.9. The minimum Gasteiger partial charge on any atom is -0.378 e. The summed E-state index contributed by atoms with van der Waals surface area (Å²) < 4.78 is 21.0. The average molecular weight is 449 g/mol. The number of halogens is 1. The Labute approximate surface area is 187 Å². The molecule has 1 aliphatic heterocycles. The summed E-state index contributed by atoms with van der Waals surface area (Å²) in [7, 11) is 0. The highest BCUT2D eigenvalue weighted by Gasteiger charge is 2.18. The van der Waals surface area contributed by atoms with E-state index >= 15 is 0 Å². The lowest BCUT2D eigenvalue weighted by atomic mass is 10.2. The van der Waals surface area contributed by atoms with E-state index in [-0.39, 0.29) is 23.4 Å². The van der Waals surface area contributed by atoms with E-state index in [0.717, 1.165) is 23.5 Å². The molecule has 168 valence electrons. The highest BCUT2D eigenvalue weighted by atomic mass is 19.1. The lowest BCUT2D eigenvalue weighted by molar-refractivity contribution is -0.117. The molecule has 1 fully saturated rings. The molecule has 1 aliphatic rings. The smallest absolute Gasteiger partial charge is 0.281 e. The second-order valence-electron chi connectivity index (χ2n) is 7.49. The molecule has 0 atom stereocenters. The van der Waals surface area contributed by atoms with Crippen LogP contribution in [0.15, 0.2) is 59.5 Å². The van der Waals surface area contributed by atoms with Crippen molar-refractivity contribution in [3.63, 3.8) is 0 Å². The van der Waals surface area contributed by atoms with Crippen LogP contribution in [0.2, 0.25) is 0 Å². The zero-order chi connectivity index (χ0) is 22.8. The summed E-state index contributed by atoms with van der Waals surface area (Å²) in [5, 5.41) is 15.2. The molecule has 5 rings (SSSR count). The van der Waals surface area contributed by atoms with Gasteiger partial charge in [-0.1, -0.05) is 17.3 Å². The van der Waals surface area contributed by atoms with E-state index in [1.807, 2.05) is 24.3 Å². The summed E-state index contributed by atoms with van der Waals surface area (Å²) in [4.78, 5) is 27.7. The number of anilines is 2. The third kappa shape index (κ3) is 4.17. The maximum absolute atomic E-state index is 13.2. The van der Waals surface area contributed by atoms with Gasteiger partial charge < -0.3 is 15.0 Å². The van der Waals surface area contributed by atoms with E-state index in [1.165, 1.54) is 35.1 Å². The number of carbonyl (C=O) groups excluding carboxylic acids is 1. The van der Waals surface area contributed by atoms with Crippen molar-refractivity contribution in [2.45, 2.75) is 6.54 Å². The Balaban J connectivity index is 1.37. The van der Waals surface area contributed by atoms with Crippen LogP contribution < -0.4 is 15.8 Å². The fourth-order valence-electron chi connectivity index (χ4n) is 3.72. The van der Waals surface area contributed by atoms with E-state index in [2.05, 4.69) is 25.6 Å². The number of para-hydroxylation sites is 2. The Morgan fingerprint density at radius 2 is 1.85 bits per heavy atom. The average Bonchev–Trinajstić information content (AvgIpc) is 3.27. The van der Waals surface area contributed by atoms with Crippen LogP contribution in [0.4, 0.5) is 15.8 Å². The molecule has 10 nitrogen and oxygen atoms in total. The molecule has 1 amide bonds. The van der Waals surface area contributed by atoms with Gasteiger partial charge in [-0.2, -0.15) is 5.10 Å². The molecule has 3 heterocycles. The number of aromatic nitrogens is 5. The van der Waals surface area contributed by atoms with Gasteiger partial charge in [0.2, 0.25) is 5.91 Å². The molecule has 2 aromatic heterocycles. The Bertz CT molecular complexity index is 1360. The van der Waals surface area contributed by atoms with Crippen molar-refractivity contribution in [3.8, 4) is 5.69 Å². The first-order chi connectivity index (χ1) is 16.1. The Hall–Kier alpha value is -4.12. The van der Waals surface area contributed by atoms with Gasteiger partial charge in [0, 0.05) is 13.1 Å². The zero-order valence-corrected chi connectivity index (χ0v) is 17.5. The summed E-state index contributed by atoms with van der Waals surface area (Å²) >= 11 is 0. The Morgan fingerprint density at radius 3 is 2.64 bits per heavy atom. The maximum Gasteiger partial charge on any atom is 0.281 e. The van der Waals surface area contributed by atoms with E-state index in [1.54, 1.807) is 0 Å². The van der Waals surface area contributed by atoms with Crippen LogP contribution in [-0.2, 0) is 16.1 Å². The first-order valence-corrected chi connectivity index (χ1v) is 10.4. The number of nitrogens with one attached hydrogen (secondary N) is 1. The molecule has 0 bridgehead atoms. The lowest BCUT2D eigenvalue weighted by Gasteiger charge is -2.30. The number of benzene rings is 2. The van der Waals surface area contributed by atoms with Gasteiger partial charge in [0.1, 0.15) is 17.7 Å². The van der Waals surface area contributed by atoms with Gasteiger partial charge >= 0.3 is 0 Å². The molecule has 1 saturated heterocycles. The summed E-state index contributed by atoms with van der Waals surface area (Å²) in [6.07, 6.45) is 1.36. The largest absolute Gasteiger partial charge is 0.378 e. The molecule has 11 heteroatoms. The predicted octanol–water partition coefficient (Wildman–Crippen LogP) is 1.59. The molecular formula is C22H20FN7O3. The number of fused-ring (bicyclic) bond motifs is 1. The highest BCUT2D eigenvalue weighted by molar-refractivity contribution is 5.94. The van der Waals surface area contributed by atoms with Crippen molar-refractivity contribution in [2.75, 3.05) is 36.5 Å². The number of ether oxygens (including phenoxy) is 1. The third-order valence-electron chi connectivity index (χ3n) is 5.35. The van der Waals surface area contributed by atoms with Crippen LogP contribution in [0.3, 0.4) is 0 Å². The summed E-state index contributed by atoms with van der Waals surface area (Å²) in [5.74, 6) is -0.790. The van der Waals surface area contributed by atoms with Crippen molar-refractivity contribution in [1.29, 1.82) is 0 Å². The fraction of sp³-hybridized carbons (Fsp3) is 0.227. The Morgan fingerprint density at radius 1 is 1.09 bits per heavy atom. The first-order valence-electron chi connectivity index (χ1n) is 10.4. The zero-order valence-electron chi connectivity index (χ0n) is 17.5. The third-order valence-corrected chi connectivity index (χ3v) is 5.35. The Kier molecular flexibility index (Phi) is 5.53. The number of rotatable bonds is 5. The van der Waals surface area contributed by atoms with Crippen LogP contribution in [0.5, 0.6) is 0 Å². The molecule has 0 aliphatic carbocycles. The second-order valence-corrected chi connectivity index (χ2v) is 7.49. The van der Waals surface area contributed by atoms with E-state index in [0.29, 0.717) is 24.6 Å². The quantitative estimate of drug-likeness (QED) is 0.493. The summed E-state index contributed by atoms with van der Waals surface area (Å²) in [6, 6.07) is 13.1. The van der Waals surface area contributed by atoms with Gasteiger partial charge in [0.25, 0.3) is 5.56 Å². The van der Waals surface area contributed by atoms with Crippen molar-refractivity contribution in [3.05, 3.63) is 70.9 Å². The summed E-state index contributed by atoms with van der Waals surface area (Å²) in [5.41, 5.74) is 1.81. The summed E-state index contributed by atoms with van der Waals surface area (Å²) in [6.45, 7) is 2.40. The van der Waals surface area contributed by atoms with E-state index in [9.17, 15) is 14.0 Å². The van der Waals surface area contributed by atoms with Crippen molar-refractivity contribution in [2.24, 2.45) is 0 Å². The van der Waals surface area contributed by atoms with Crippen LogP contribution in [0.25, 0.3) is 16.7 Å². The van der Waals surface area contributed by atoms with Gasteiger partial charge in [-0.05, 0) is 36.4 Å². The predicted molar refractivity (Wildman–Crippen MR) is 119 cm³/mol. The fourth-order valence-corrected chi connectivity index (χ4v) is 3.72. The van der Waals surface area contributed by atoms with Crippen LogP contribution in [-0.4, -0.2) is 57.0 Å². The lowest BCUT2D eigenvalue weighted by Crippen LogP contribution is -2.37.